The van der Waals surface area contributed by atoms with Gasteiger partial charge in [-0.3, -0.25) is 0 Å². The molecule has 1 aliphatic heterocycles. The molecule has 4 aromatic rings. The van der Waals surface area contributed by atoms with Crippen LogP contribution in [0, 0.1) is 0 Å². The van der Waals surface area contributed by atoms with Crippen LogP contribution < -0.4 is 10.2 Å². The molecule has 30 heavy (non-hydrogen) atoms. The maximum Gasteiger partial charge on any atom is 0.227 e. The number of hydrogen-bond donors (Lipinski definition) is 1. The lowest BCUT2D eigenvalue weighted by atomic mass is 10.2. The van der Waals surface area contributed by atoms with Crippen LogP contribution in [0.3, 0.4) is 0 Å². The second kappa shape index (κ2) is 8.42. The van der Waals surface area contributed by atoms with Gasteiger partial charge in [0.25, 0.3) is 0 Å². The average molecular weight is 398 g/mol. The van der Waals surface area contributed by atoms with Gasteiger partial charge in [0.15, 0.2) is 11.5 Å². The largest absolute Gasteiger partial charge is 0.378 e. The van der Waals surface area contributed by atoms with Gasteiger partial charge in [-0.2, -0.15) is 4.98 Å². The van der Waals surface area contributed by atoms with E-state index in [0.717, 1.165) is 29.9 Å². The number of benzene rings is 2. The molecule has 0 atom stereocenters. The van der Waals surface area contributed by atoms with E-state index in [9.17, 15) is 0 Å². The fourth-order valence-electron chi connectivity index (χ4n) is 3.46. The Hall–Kier alpha value is -3.58. The van der Waals surface area contributed by atoms with Crippen LogP contribution in [0.25, 0.3) is 22.4 Å². The highest BCUT2D eigenvalue weighted by Gasteiger charge is 2.17. The number of aromatic nitrogens is 4. The van der Waals surface area contributed by atoms with Crippen LogP contribution in [-0.2, 0) is 11.3 Å². The summed E-state index contributed by atoms with van der Waals surface area (Å²) >= 11 is 0. The third-order valence-corrected chi connectivity index (χ3v) is 5.07. The highest BCUT2D eigenvalue weighted by atomic mass is 16.5. The van der Waals surface area contributed by atoms with Crippen molar-refractivity contribution in [3.63, 3.8) is 0 Å². The predicted molar refractivity (Wildman–Crippen MR) is 117 cm³/mol. The van der Waals surface area contributed by atoms with E-state index < -0.39 is 0 Å². The van der Waals surface area contributed by atoms with Gasteiger partial charge in [0.05, 0.1) is 18.6 Å². The Morgan fingerprint density at radius 1 is 0.867 bits per heavy atom. The maximum absolute atomic E-state index is 5.45. The molecule has 0 unspecified atom stereocenters. The van der Waals surface area contributed by atoms with E-state index in [1.807, 2.05) is 54.7 Å². The van der Waals surface area contributed by atoms with Gasteiger partial charge in [0.1, 0.15) is 5.82 Å². The molecule has 2 aromatic heterocycles. The maximum atomic E-state index is 5.45. The number of ether oxygens (including phenoxy) is 1. The minimum atomic E-state index is 0.635. The molecule has 0 bridgehead atoms. The van der Waals surface area contributed by atoms with Crippen LogP contribution in [-0.4, -0.2) is 46.2 Å². The zero-order valence-electron chi connectivity index (χ0n) is 16.5. The van der Waals surface area contributed by atoms with Gasteiger partial charge >= 0.3 is 0 Å². The number of hydrogen-bond acceptors (Lipinski definition) is 7. The molecule has 1 fully saturated rings. The SMILES string of the molecule is c1ccc(CNc2nc(-c3ccccc3)nc3nc(N4CCOCC4)ncc23)cc1. The average Bonchev–Trinajstić information content (AvgIpc) is 2.84. The van der Waals surface area contributed by atoms with Gasteiger partial charge < -0.3 is 15.0 Å². The first-order valence-electron chi connectivity index (χ1n) is 10.1. The van der Waals surface area contributed by atoms with E-state index in [2.05, 4.69) is 27.3 Å². The Kier molecular flexibility index (Phi) is 5.18. The van der Waals surface area contributed by atoms with Crippen LogP contribution in [0.4, 0.5) is 11.8 Å². The first kappa shape index (κ1) is 18.4. The minimum absolute atomic E-state index is 0.635. The molecule has 7 heteroatoms. The van der Waals surface area contributed by atoms with Crippen molar-refractivity contribution in [1.82, 2.24) is 19.9 Å². The Morgan fingerprint density at radius 2 is 1.60 bits per heavy atom. The molecule has 3 heterocycles. The van der Waals surface area contributed by atoms with E-state index in [-0.39, 0.29) is 0 Å². The van der Waals surface area contributed by atoms with Crippen molar-refractivity contribution in [3.8, 4) is 11.4 Å². The molecule has 5 rings (SSSR count). The summed E-state index contributed by atoms with van der Waals surface area (Å²) in [5.41, 5.74) is 2.76. The second-order valence-corrected chi connectivity index (χ2v) is 7.11. The lowest BCUT2D eigenvalue weighted by Crippen LogP contribution is -2.37. The number of fused-ring (bicyclic) bond motifs is 1. The Bertz CT molecular complexity index is 1130. The molecule has 1 aliphatic rings. The van der Waals surface area contributed by atoms with Gasteiger partial charge in [-0.05, 0) is 5.56 Å². The van der Waals surface area contributed by atoms with Crippen molar-refractivity contribution in [2.75, 3.05) is 36.5 Å². The third-order valence-electron chi connectivity index (χ3n) is 5.07. The van der Waals surface area contributed by atoms with E-state index in [4.69, 9.17) is 19.7 Å². The Balaban J connectivity index is 1.55. The number of morpholine rings is 1. The van der Waals surface area contributed by atoms with Crippen molar-refractivity contribution >= 4 is 22.8 Å². The minimum Gasteiger partial charge on any atom is -0.378 e. The number of anilines is 2. The molecule has 7 nitrogen and oxygen atoms in total. The van der Waals surface area contributed by atoms with E-state index in [0.29, 0.717) is 37.2 Å². The highest BCUT2D eigenvalue weighted by molar-refractivity contribution is 5.88. The van der Waals surface area contributed by atoms with Gasteiger partial charge in [-0.15, -0.1) is 0 Å². The van der Waals surface area contributed by atoms with Crippen molar-refractivity contribution in [3.05, 3.63) is 72.4 Å². The smallest absolute Gasteiger partial charge is 0.227 e. The quantitative estimate of drug-likeness (QED) is 0.551. The summed E-state index contributed by atoms with van der Waals surface area (Å²) in [5, 5.41) is 4.26. The van der Waals surface area contributed by atoms with Gasteiger partial charge in [-0.1, -0.05) is 60.7 Å². The lowest BCUT2D eigenvalue weighted by Gasteiger charge is -2.26. The topological polar surface area (TPSA) is 76.1 Å². The molecule has 0 aliphatic carbocycles. The lowest BCUT2D eigenvalue weighted by molar-refractivity contribution is 0.122. The summed E-state index contributed by atoms with van der Waals surface area (Å²) in [4.78, 5) is 21.0. The third kappa shape index (κ3) is 3.92. The van der Waals surface area contributed by atoms with Crippen LogP contribution in [0.1, 0.15) is 5.56 Å². The molecule has 2 aromatic carbocycles. The summed E-state index contributed by atoms with van der Waals surface area (Å²) in [6, 6.07) is 20.2. The van der Waals surface area contributed by atoms with E-state index in [1.165, 1.54) is 5.56 Å². The van der Waals surface area contributed by atoms with Crippen molar-refractivity contribution in [2.45, 2.75) is 6.54 Å². The van der Waals surface area contributed by atoms with Crippen LogP contribution >= 0.6 is 0 Å². The monoisotopic (exact) mass is 398 g/mol. The number of nitrogens with one attached hydrogen (secondary N) is 1. The zero-order valence-corrected chi connectivity index (χ0v) is 16.5. The Morgan fingerprint density at radius 3 is 2.37 bits per heavy atom. The van der Waals surface area contributed by atoms with Crippen molar-refractivity contribution in [1.29, 1.82) is 0 Å². The molecule has 0 amide bonds. The van der Waals surface area contributed by atoms with Crippen molar-refractivity contribution in [2.24, 2.45) is 0 Å². The van der Waals surface area contributed by atoms with Gasteiger partial charge in [-0.25, -0.2) is 15.0 Å². The number of nitrogens with zero attached hydrogens (tertiary/aromatic N) is 5. The summed E-state index contributed by atoms with van der Waals surface area (Å²) in [6.45, 7) is 3.59. The molecule has 150 valence electrons. The fraction of sp³-hybridized carbons (Fsp3) is 0.217. The molecule has 0 radical (unpaired) electrons. The van der Waals surface area contributed by atoms with Crippen LogP contribution in [0.5, 0.6) is 0 Å². The summed E-state index contributed by atoms with van der Waals surface area (Å²) in [5.74, 6) is 2.05. The fourth-order valence-corrected chi connectivity index (χ4v) is 3.46. The molecular formula is C23H22N6O. The molecule has 0 spiro atoms. The molecular weight excluding hydrogens is 376 g/mol. The van der Waals surface area contributed by atoms with E-state index in [1.54, 1.807) is 0 Å². The molecule has 1 saturated heterocycles. The van der Waals surface area contributed by atoms with Gasteiger partial charge in [0.2, 0.25) is 5.95 Å². The summed E-state index contributed by atoms with van der Waals surface area (Å²) in [6.07, 6.45) is 1.81. The van der Waals surface area contributed by atoms with Crippen molar-refractivity contribution < 1.29 is 4.74 Å². The Labute approximate surface area is 174 Å². The van der Waals surface area contributed by atoms with Crippen LogP contribution in [0.15, 0.2) is 66.9 Å². The first-order chi connectivity index (χ1) is 14.9. The summed E-state index contributed by atoms with van der Waals surface area (Å²) < 4.78 is 5.45. The molecule has 1 N–H and O–H groups in total. The predicted octanol–water partition coefficient (Wildman–Crippen LogP) is 3.54. The summed E-state index contributed by atoms with van der Waals surface area (Å²) in [7, 11) is 0. The normalized spacial score (nSPS) is 14.1. The van der Waals surface area contributed by atoms with Gasteiger partial charge in [0, 0.05) is 31.4 Å². The first-order valence-corrected chi connectivity index (χ1v) is 10.1. The van der Waals surface area contributed by atoms with Crippen LogP contribution in [0.2, 0.25) is 0 Å². The molecule has 0 saturated carbocycles. The van der Waals surface area contributed by atoms with E-state index >= 15 is 0 Å². The highest BCUT2D eigenvalue weighted by Crippen LogP contribution is 2.25. The standard InChI is InChI=1S/C23H22N6O/c1-3-7-17(8-4-1)15-24-21-19-16-25-23(29-11-13-30-14-12-29)28-22(19)27-20(26-21)18-9-5-2-6-10-18/h1-10,16H,11-15H2,(H,24,25,26,27,28). The second-order valence-electron chi connectivity index (χ2n) is 7.11. The number of rotatable bonds is 5. The zero-order chi connectivity index (χ0) is 20.2.